The second kappa shape index (κ2) is 2.15. The van der Waals surface area contributed by atoms with Crippen molar-refractivity contribution in [3.8, 4) is 5.88 Å². The van der Waals surface area contributed by atoms with E-state index in [-0.39, 0.29) is 0 Å². The fourth-order valence-electron chi connectivity index (χ4n) is 1.38. The van der Waals surface area contributed by atoms with Crippen molar-refractivity contribution in [3.05, 3.63) is 5.69 Å². The summed E-state index contributed by atoms with van der Waals surface area (Å²) in [5.41, 5.74) is 2.02. The lowest BCUT2D eigenvalue weighted by molar-refractivity contribution is 0.358. The standard InChI is InChI=1S/C7H11N3O/c1-5-6(8-2)7-10(9-5)3-4-11-7/h8H,3-4H2,1-2H3. The molecular formula is C7H11N3O. The smallest absolute Gasteiger partial charge is 0.236 e. The fourth-order valence-corrected chi connectivity index (χ4v) is 1.38. The van der Waals surface area contributed by atoms with Crippen LogP contribution in [0.4, 0.5) is 5.69 Å². The van der Waals surface area contributed by atoms with Gasteiger partial charge in [0.05, 0.1) is 12.2 Å². The van der Waals surface area contributed by atoms with E-state index in [0.29, 0.717) is 0 Å². The lowest BCUT2D eigenvalue weighted by Gasteiger charge is -1.98. The van der Waals surface area contributed by atoms with Crippen molar-refractivity contribution in [2.24, 2.45) is 0 Å². The Labute approximate surface area is 65.2 Å². The minimum Gasteiger partial charge on any atom is -0.474 e. The van der Waals surface area contributed by atoms with Crippen molar-refractivity contribution in [2.45, 2.75) is 13.5 Å². The van der Waals surface area contributed by atoms with Crippen LogP contribution >= 0.6 is 0 Å². The quantitative estimate of drug-likeness (QED) is 0.643. The lowest BCUT2D eigenvalue weighted by atomic mass is 10.4. The molecule has 0 saturated carbocycles. The van der Waals surface area contributed by atoms with Gasteiger partial charge in [-0.25, -0.2) is 4.68 Å². The Morgan fingerprint density at radius 1 is 1.64 bits per heavy atom. The molecule has 0 aliphatic carbocycles. The summed E-state index contributed by atoms with van der Waals surface area (Å²) in [6.07, 6.45) is 0. The molecule has 11 heavy (non-hydrogen) atoms. The summed E-state index contributed by atoms with van der Waals surface area (Å²) in [7, 11) is 1.88. The molecule has 4 heteroatoms. The molecule has 1 aromatic heterocycles. The van der Waals surface area contributed by atoms with Crippen LogP contribution in [0.3, 0.4) is 0 Å². The van der Waals surface area contributed by atoms with Crippen LogP contribution in [0.25, 0.3) is 0 Å². The van der Waals surface area contributed by atoms with E-state index in [1.165, 1.54) is 0 Å². The van der Waals surface area contributed by atoms with Crippen LogP contribution in [0.5, 0.6) is 5.88 Å². The van der Waals surface area contributed by atoms with E-state index in [4.69, 9.17) is 4.74 Å². The molecule has 0 radical (unpaired) electrons. The molecule has 1 N–H and O–H groups in total. The normalized spacial score (nSPS) is 14.4. The highest BCUT2D eigenvalue weighted by atomic mass is 16.5. The number of nitrogens with one attached hydrogen (secondary N) is 1. The van der Waals surface area contributed by atoms with Crippen LogP contribution in [0.15, 0.2) is 0 Å². The van der Waals surface area contributed by atoms with Crippen LogP contribution in [0.1, 0.15) is 5.69 Å². The summed E-state index contributed by atoms with van der Waals surface area (Å²) in [5.74, 6) is 0.880. The molecule has 4 nitrogen and oxygen atoms in total. The molecule has 0 saturated heterocycles. The largest absolute Gasteiger partial charge is 0.474 e. The first kappa shape index (κ1) is 6.52. The van der Waals surface area contributed by atoms with Gasteiger partial charge in [-0.2, -0.15) is 5.10 Å². The maximum atomic E-state index is 5.38. The zero-order valence-electron chi connectivity index (χ0n) is 6.72. The van der Waals surface area contributed by atoms with Crippen LogP contribution in [0, 0.1) is 6.92 Å². The Kier molecular flexibility index (Phi) is 1.27. The van der Waals surface area contributed by atoms with E-state index in [1.54, 1.807) is 0 Å². The summed E-state index contributed by atoms with van der Waals surface area (Å²) in [6, 6.07) is 0. The molecule has 0 fully saturated rings. The van der Waals surface area contributed by atoms with Crippen molar-refractivity contribution in [2.75, 3.05) is 19.0 Å². The second-order valence-electron chi connectivity index (χ2n) is 2.59. The van der Waals surface area contributed by atoms with Crippen molar-refractivity contribution in [1.29, 1.82) is 0 Å². The van der Waals surface area contributed by atoms with Crippen LogP contribution < -0.4 is 10.1 Å². The first-order valence-electron chi connectivity index (χ1n) is 3.71. The highest BCUT2D eigenvalue weighted by molar-refractivity contribution is 5.57. The summed E-state index contributed by atoms with van der Waals surface area (Å²) >= 11 is 0. The Hall–Kier alpha value is -1.19. The third kappa shape index (κ3) is 0.785. The van der Waals surface area contributed by atoms with Gasteiger partial charge in [-0.05, 0) is 6.92 Å². The Balaban J connectivity index is 2.52. The Bertz CT molecular complexity index is 279. The van der Waals surface area contributed by atoms with Gasteiger partial charge in [-0.1, -0.05) is 0 Å². The van der Waals surface area contributed by atoms with Gasteiger partial charge in [0.2, 0.25) is 5.88 Å². The van der Waals surface area contributed by atoms with E-state index in [2.05, 4.69) is 10.4 Å². The number of aromatic nitrogens is 2. The number of ether oxygens (including phenoxy) is 1. The average molecular weight is 153 g/mol. The summed E-state index contributed by atoms with van der Waals surface area (Å²) in [6.45, 7) is 3.59. The number of aryl methyl sites for hydroxylation is 1. The zero-order chi connectivity index (χ0) is 7.84. The van der Waals surface area contributed by atoms with E-state index >= 15 is 0 Å². The highest BCUT2D eigenvalue weighted by Crippen LogP contribution is 2.30. The van der Waals surface area contributed by atoms with E-state index < -0.39 is 0 Å². The van der Waals surface area contributed by atoms with Gasteiger partial charge in [0.1, 0.15) is 12.3 Å². The molecule has 1 aromatic rings. The molecule has 0 spiro atoms. The van der Waals surface area contributed by atoms with Gasteiger partial charge in [0.25, 0.3) is 0 Å². The number of rotatable bonds is 1. The first-order valence-corrected chi connectivity index (χ1v) is 3.71. The Morgan fingerprint density at radius 3 is 3.18 bits per heavy atom. The number of nitrogens with zero attached hydrogens (tertiary/aromatic N) is 2. The monoisotopic (exact) mass is 153 g/mol. The molecule has 60 valence electrons. The fraction of sp³-hybridized carbons (Fsp3) is 0.571. The third-order valence-electron chi connectivity index (χ3n) is 1.87. The number of hydrogen-bond acceptors (Lipinski definition) is 3. The van der Waals surface area contributed by atoms with Crippen LogP contribution in [-0.4, -0.2) is 23.4 Å². The van der Waals surface area contributed by atoms with Gasteiger partial charge in [0.15, 0.2) is 0 Å². The van der Waals surface area contributed by atoms with Crippen molar-refractivity contribution < 1.29 is 4.74 Å². The average Bonchev–Trinajstić information content (AvgIpc) is 2.46. The molecular weight excluding hydrogens is 142 g/mol. The van der Waals surface area contributed by atoms with Gasteiger partial charge >= 0.3 is 0 Å². The molecule has 2 rings (SSSR count). The predicted octanol–water partition coefficient (Wildman–Crippen LogP) is 0.626. The summed E-state index contributed by atoms with van der Waals surface area (Å²) < 4.78 is 7.27. The van der Waals surface area contributed by atoms with E-state index in [0.717, 1.165) is 30.4 Å². The minimum atomic E-state index is 0.747. The van der Waals surface area contributed by atoms with E-state index in [1.807, 2.05) is 18.7 Å². The lowest BCUT2D eigenvalue weighted by Crippen LogP contribution is -1.96. The number of fused-ring (bicyclic) bond motifs is 1. The SMILES string of the molecule is CNc1c(C)nn2c1OCC2. The van der Waals surface area contributed by atoms with Gasteiger partial charge in [0, 0.05) is 7.05 Å². The van der Waals surface area contributed by atoms with Crippen molar-refractivity contribution >= 4 is 5.69 Å². The Morgan fingerprint density at radius 2 is 2.45 bits per heavy atom. The van der Waals surface area contributed by atoms with Crippen LogP contribution in [0.2, 0.25) is 0 Å². The van der Waals surface area contributed by atoms with Gasteiger partial charge < -0.3 is 10.1 Å². The van der Waals surface area contributed by atoms with Crippen LogP contribution in [-0.2, 0) is 6.54 Å². The highest BCUT2D eigenvalue weighted by Gasteiger charge is 2.19. The van der Waals surface area contributed by atoms with Gasteiger partial charge in [-0.15, -0.1) is 0 Å². The number of anilines is 1. The molecule has 0 amide bonds. The maximum absolute atomic E-state index is 5.38. The topological polar surface area (TPSA) is 39.1 Å². The summed E-state index contributed by atoms with van der Waals surface area (Å²) in [4.78, 5) is 0. The van der Waals surface area contributed by atoms with Crippen molar-refractivity contribution in [1.82, 2.24) is 9.78 Å². The molecule has 1 aliphatic heterocycles. The molecule has 0 aromatic carbocycles. The van der Waals surface area contributed by atoms with Crippen molar-refractivity contribution in [3.63, 3.8) is 0 Å². The first-order chi connectivity index (χ1) is 5.33. The molecule has 0 bridgehead atoms. The summed E-state index contributed by atoms with van der Waals surface area (Å²) in [5, 5.41) is 7.36. The third-order valence-corrected chi connectivity index (χ3v) is 1.87. The maximum Gasteiger partial charge on any atom is 0.236 e. The second-order valence-corrected chi connectivity index (χ2v) is 2.59. The molecule has 0 unspecified atom stereocenters. The molecule has 1 aliphatic rings. The zero-order valence-corrected chi connectivity index (χ0v) is 6.72. The molecule has 2 heterocycles. The minimum absolute atomic E-state index is 0.747. The van der Waals surface area contributed by atoms with Gasteiger partial charge in [-0.3, -0.25) is 0 Å². The predicted molar refractivity (Wildman–Crippen MR) is 42.0 cm³/mol. The number of hydrogen-bond donors (Lipinski definition) is 1. The molecule has 0 atom stereocenters. The van der Waals surface area contributed by atoms with E-state index in [9.17, 15) is 0 Å².